The molecule has 0 saturated carbocycles. The van der Waals surface area contributed by atoms with E-state index in [9.17, 15) is 5.11 Å². The van der Waals surface area contributed by atoms with Crippen LogP contribution in [0.1, 0.15) is 75.7 Å². The van der Waals surface area contributed by atoms with Gasteiger partial charge >= 0.3 is 0 Å². The van der Waals surface area contributed by atoms with Gasteiger partial charge in [0.05, 0.1) is 6.10 Å². The molecule has 1 unspecified atom stereocenters. The van der Waals surface area contributed by atoms with Crippen LogP contribution in [-0.4, -0.2) is 5.11 Å². The van der Waals surface area contributed by atoms with E-state index in [4.69, 9.17) is 0 Å². The molecule has 1 atom stereocenters. The van der Waals surface area contributed by atoms with Crippen LogP contribution < -0.4 is 0 Å². The summed E-state index contributed by atoms with van der Waals surface area (Å²) in [4.78, 5) is 0. The largest absolute Gasteiger partial charge is 0.388 e. The summed E-state index contributed by atoms with van der Waals surface area (Å²) in [5.74, 6) is 0. The van der Waals surface area contributed by atoms with Crippen LogP contribution >= 0.6 is 0 Å². The number of hydrogen-bond donors (Lipinski definition) is 1. The molecule has 1 nitrogen and oxygen atoms in total. The van der Waals surface area contributed by atoms with Crippen LogP contribution in [0.4, 0.5) is 0 Å². The Hall–Kier alpha value is -0.820. The third-order valence-electron chi connectivity index (χ3n) is 3.69. The molecule has 1 aromatic carbocycles. The number of aliphatic hydroxyl groups excluding tert-OH is 1. The van der Waals surface area contributed by atoms with Crippen molar-refractivity contribution in [2.24, 2.45) is 0 Å². The highest BCUT2D eigenvalue weighted by Crippen LogP contribution is 2.25. The quantitative estimate of drug-likeness (QED) is 0.654. The zero-order valence-corrected chi connectivity index (χ0v) is 12.2. The molecular weight excluding hydrogens is 220 g/mol. The lowest BCUT2D eigenvalue weighted by Crippen LogP contribution is -2.03. The number of hydrogen-bond acceptors (Lipinski definition) is 1. The van der Waals surface area contributed by atoms with E-state index in [0.717, 1.165) is 31.2 Å². The summed E-state index contributed by atoms with van der Waals surface area (Å²) in [6.45, 7) is 6.54. The minimum Gasteiger partial charge on any atom is -0.388 e. The minimum atomic E-state index is -0.275. The highest BCUT2D eigenvalue weighted by Gasteiger charge is 2.11. The molecule has 0 bridgehead atoms. The topological polar surface area (TPSA) is 20.2 Å². The Morgan fingerprint density at radius 3 is 2.39 bits per heavy atom. The standard InChI is InChI=1S/C17H28O/c1-4-7-8-9-10-17(18)16-13-14(5-2)11-12-15(16)6-3/h11-13,17-18H,4-10H2,1-3H3. The van der Waals surface area contributed by atoms with Gasteiger partial charge in [-0.1, -0.05) is 64.7 Å². The maximum atomic E-state index is 10.4. The van der Waals surface area contributed by atoms with Crippen LogP contribution in [0.2, 0.25) is 0 Å². The zero-order valence-electron chi connectivity index (χ0n) is 12.2. The molecule has 102 valence electrons. The highest BCUT2D eigenvalue weighted by molar-refractivity contribution is 5.33. The van der Waals surface area contributed by atoms with E-state index >= 15 is 0 Å². The first kappa shape index (κ1) is 15.2. The molecule has 0 amide bonds. The molecule has 0 fully saturated rings. The average Bonchev–Trinajstić information content (AvgIpc) is 2.42. The Labute approximate surface area is 112 Å². The molecule has 1 rings (SSSR count). The van der Waals surface area contributed by atoms with E-state index < -0.39 is 0 Å². The van der Waals surface area contributed by atoms with Crippen molar-refractivity contribution in [1.82, 2.24) is 0 Å². The lowest BCUT2D eigenvalue weighted by molar-refractivity contribution is 0.162. The van der Waals surface area contributed by atoms with Gasteiger partial charge in [-0.15, -0.1) is 0 Å². The first-order chi connectivity index (χ1) is 8.72. The van der Waals surface area contributed by atoms with Gasteiger partial charge in [0.2, 0.25) is 0 Å². The van der Waals surface area contributed by atoms with Gasteiger partial charge in [0, 0.05) is 0 Å². The molecule has 0 heterocycles. The highest BCUT2D eigenvalue weighted by atomic mass is 16.3. The van der Waals surface area contributed by atoms with Crippen LogP contribution in [0.5, 0.6) is 0 Å². The molecule has 1 heteroatoms. The Bertz CT molecular complexity index is 343. The van der Waals surface area contributed by atoms with E-state index in [1.54, 1.807) is 0 Å². The average molecular weight is 248 g/mol. The van der Waals surface area contributed by atoms with Crippen molar-refractivity contribution in [1.29, 1.82) is 0 Å². The van der Waals surface area contributed by atoms with E-state index in [2.05, 4.69) is 39.0 Å². The molecule has 0 aromatic heterocycles. The second-order valence-electron chi connectivity index (χ2n) is 5.11. The number of unbranched alkanes of at least 4 members (excludes halogenated alkanes) is 3. The summed E-state index contributed by atoms with van der Waals surface area (Å²) >= 11 is 0. The van der Waals surface area contributed by atoms with E-state index in [-0.39, 0.29) is 6.10 Å². The van der Waals surface area contributed by atoms with Crippen molar-refractivity contribution in [3.63, 3.8) is 0 Å². The maximum absolute atomic E-state index is 10.4. The third-order valence-corrected chi connectivity index (χ3v) is 3.69. The van der Waals surface area contributed by atoms with E-state index in [0.29, 0.717) is 0 Å². The normalized spacial score (nSPS) is 12.7. The van der Waals surface area contributed by atoms with Gasteiger partial charge in [-0.3, -0.25) is 0 Å². The Morgan fingerprint density at radius 2 is 1.78 bits per heavy atom. The summed E-state index contributed by atoms with van der Waals surface area (Å²) in [6, 6.07) is 6.57. The minimum absolute atomic E-state index is 0.275. The van der Waals surface area contributed by atoms with Gasteiger partial charge in [0.1, 0.15) is 0 Å². The van der Waals surface area contributed by atoms with Gasteiger partial charge in [-0.25, -0.2) is 0 Å². The lowest BCUT2D eigenvalue weighted by Gasteiger charge is -2.16. The fraction of sp³-hybridized carbons (Fsp3) is 0.647. The second-order valence-corrected chi connectivity index (χ2v) is 5.11. The van der Waals surface area contributed by atoms with Crippen LogP contribution in [0.25, 0.3) is 0 Å². The third kappa shape index (κ3) is 4.45. The van der Waals surface area contributed by atoms with Crippen molar-refractivity contribution in [2.45, 2.75) is 71.8 Å². The van der Waals surface area contributed by atoms with Crippen LogP contribution in [0, 0.1) is 0 Å². The number of rotatable bonds is 8. The Kier molecular flexibility index (Phi) is 7.04. The van der Waals surface area contributed by atoms with E-state index in [1.807, 2.05) is 0 Å². The first-order valence-electron chi connectivity index (χ1n) is 7.52. The Balaban J connectivity index is 2.66. The molecule has 1 N–H and O–H groups in total. The van der Waals surface area contributed by atoms with Crippen molar-refractivity contribution >= 4 is 0 Å². The maximum Gasteiger partial charge on any atom is 0.0792 e. The summed E-state index contributed by atoms with van der Waals surface area (Å²) in [7, 11) is 0. The van der Waals surface area contributed by atoms with Gasteiger partial charge in [0.25, 0.3) is 0 Å². The molecule has 0 saturated heterocycles. The van der Waals surface area contributed by atoms with Gasteiger partial charge in [-0.05, 0) is 36.0 Å². The Morgan fingerprint density at radius 1 is 1.00 bits per heavy atom. The fourth-order valence-electron chi connectivity index (χ4n) is 2.42. The fourth-order valence-corrected chi connectivity index (χ4v) is 2.42. The van der Waals surface area contributed by atoms with Crippen molar-refractivity contribution in [2.75, 3.05) is 0 Å². The molecule has 0 radical (unpaired) electrons. The molecule has 0 spiro atoms. The summed E-state index contributed by atoms with van der Waals surface area (Å²) in [6.07, 6.45) is 7.58. The van der Waals surface area contributed by atoms with Gasteiger partial charge in [-0.2, -0.15) is 0 Å². The zero-order chi connectivity index (χ0) is 13.4. The van der Waals surface area contributed by atoms with Crippen molar-refractivity contribution < 1.29 is 5.11 Å². The second kappa shape index (κ2) is 8.31. The number of aryl methyl sites for hydroxylation is 2. The van der Waals surface area contributed by atoms with Crippen molar-refractivity contribution in [3.05, 3.63) is 34.9 Å². The summed E-state index contributed by atoms with van der Waals surface area (Å²) in [5, 5.41) is 10.4. The molecule has 0 aliphatic rings. The molecule has 1 aromatic rings. The van der Waals surface area contributed by atoms with Crippen molar-refractivity contribution in [3.8, 4) is 0 Å². The van der Waals surface area contributed by atoms with Crippen LogP contribution in [0.3, 0.4) is 0 Å². The molecule has 0 aliphatic heterocycles. The van der Waals surface area contributed by atoms with Gasteiger partial charge in [0.15, 0.2) is 0 Å². The monoisotopic (exact) mass is 248 g/mol. The van der Waals surface area contributed by atoms with E-state index in [1.165, 1.54) is 30.4 Å². The molecule has 0 aliphatic carbocycles. The SMILES string of the molecule is CCCCCCC(O)c1cc(CC)ccc1CC. The number of aliphatic hydroxyl groups is 1. The predicted octanol–water partition coefficient (Wildman–Crippen LogP) is 4.82. The smallest absolute Gasteiger partial charge is 0.0792 e. The number of benzene rings is 1. The summed E-state index contributed by atoms with van der Waals surface area (Å²) in [5.41, 5.74) is 3.79. The first-order valence-corrected chi connectivity index (χ1v) is 7.52. The lowest BCUT2D eigenvalue weighted by atomic mass is 9.94. The van der Waals surface area contributed by atoms with Crippen LogP contribution in [-0.2, 0) is 12.8 Å². The van der Waals surface area contributed by atoms with Gasteiger partial charge < -0.3 is 5.11 Å². The molecular formula is C17H28O. The predicted molar refractivity (Wildman–Crippen MR) is 78.9 cm³/mol. The molecule has 18 heavy (non-hydrogen) atoms. The van der Waals surface area contributed by atoms with Crippen LogP contribution in [0.15, 0.2) is 18.2 Å². The summed E-state index contributed by atoms with van der Waals surface area (Å²) < 4.78 is 0.